The third kappa shape index (κ3) is 3.20. The lowest BCUT2D eigenvalue weighted by molar-refractivity contribution is 0.205. The Balaban J connectivity index is 2.02. The Morgan fingerprint density at radius 3 is 2.68 bits per heavy atom. The van der Waals surface area contributed by atoms with Crippen LogP contribution in [0.15, 0.2) is 9.98 Å². The molecule has 2 saturated carbocycles. The second-order valence-corrected chi connectivity index (χ2v) is 6.02. The van der Waals surface area contributed by atoms with Gasteiger partial charge in [-0.15, -0.1) is 0 Å². The van der Waals surface area contributed by atoms with Crippen LogP contribution in [0.5, 0.6) is 0 Å². The molecule has 0 heterocycles. The largest absolute Gasteiger partial charge is 0.235 e. The van der Waals surface area contributed by atoms with Gasteiger partial charge in [-0.25, -0.2) is 19.6 Å². The highest BCUT2D eigenvalue weighted by Gasteiger charge is 2.48. The summed E-state index contributed by atoms with van der Waals surface area (Å²) in [6, 6.07) is 0.135. The topological polar surface area (TPSA) is 58.9 Å². The zero-order chi connectivity index (χ0) is 13.7. The van der Waals surface area contributed by atoms with Gasteiger partial charge in [0.1, 0.15) is 0 Å². The molecule has 0 N–H and O–H groups in total. The number of hydrogen-bond acceptors (Lipinski definition) is 4. The molecule has 0 saturated heterocycles. The average Bonchev–Trinajstić information content (AvgIpc) is 3.00. The van der Waals surface area contributed by atoms with Gasteiger partial charge in [-0.05, 0) is 49.4 Å². The Morgan fingerprint density at radius 1 is 1.21 bits per heavy atom. The van der Waals surface area contributed by atoms with Gasteiger partial charge in [0.15, 0.2) is 0 Å². The number of carbonyl (C=O) groups excluding carboxylic acids is 2. The van der Waals surface area contributed by atoms with E-state index >= 15 is 0 Å². The Bertz CT molecular complexity index is 397. The molecule has 4 heteroatoms. The molecule has 0 amide bonds. The van der Waals surface area contributed by atoms with Crippen molar-refractivity contribution in [3.05, 3.63) is 0 Å². The second kappa shape index (κ2) is 6.79. The SMILES string of the molecule is CCCCC(N=C=O)C1CC2CC(CN=C=O)C1C2. The Morgan fingerprint density at radius 2 is 2.05 bits per heavy atom. The minimum atomic E-state index is 0.135. The summed E-state index contributed by atoms with van der Waals surface area (Å²) >= 11 is 0. The summed E-state index contributed by atoms with van der Waals surface area (Å²) in [6.07, 6.45) is 10.2. The van der Waals surface area contributed by atoms with E-state index in [1.807, 2.05) is 0 Å². The number of aliphatic imine (C=N–C) groups is 2. The molecule has 2 rings (SSSR count). The molecule has 2 fully saturated rings. The zero-order valence-corrected chi connectivity index (χ0v) is 11.5. The van der Waals surface area contributed by atoms with Crippen molar-refractivity contribution in [3.8, 4) is 0 Å². The highest BCUT2D eigenvalue weighted by molar-refractivity contribution is 5.34. The maximum absolute atomic E-state index is 10.6. The van der Waals surface area contributed by atoms with Crippen LogP contribution in [0.25, 0.3) is 0 Å². The Hall–Kier alpha value is -1.24. The molecule has 2 bridgehead atoms. The fourth-order valence-corrected chi connectivity index (χ4v) is 4.22. The number of unbranched alkanes of at least 4 members (excludes halogenated alkanes) is 1. The first-order chi connectivity index (χ1) is 9.30. The predicted octanol–water partition coefficient (Wildman–Crippen LogP) is 2.88. The quantitative estimate of drug-likeness (QED) is 0.523. The van der Waals surface area contributed by atoms with Crippen molar-refractivity contribution in [2.24, 2.45) is 33.7 Å². The van der Waals surface area contributed by atoms with E-state index in [2.05, 4.69) is 16.9 Å². The zero-order valence-electron chi connectivity index (χ0n) is 11.5. The van der Waals surface area contributed by atoms with Crippen LogP contribution >= 0.6 is 0 Å². The van der Waals surface area contributed by atoms with Gasteiger partial charge >= 0.3 is 0 Å². The highest BCUT2D eigenvalue weighted by Crippen LogP contribution is 2.53. The molecule has 0 aromatic rings. The van der Waals surface area contributed by atoms with Gasteiger partial charge in [-0.1, -0.05) is 19.8 Å². The van der Waals surface area contributed by atoms with Crippen molar-refractivity contribution in [1.82, 2.24) is 0 Å². The van der Waals surface area contributed by atoms with E-state index in [1.165, 1.54) is 19.3 Å². The van der Waals surface area contributed by atoms with E-state index in [1.54, 1.807) is 12.2 Å². The van der Waals surface area contributed by atoms with Crippen LogP contribution in [0.4, 0.5) is 0 Å². The number of rotatable bonds is 7. The van der Waals surface area contributed by atoms with Gasteiger partial charge < -0.3 is 0 Å². The Labute approximate surface area is 114 Å². The van der Waals surface area contributed by atoms with Gasteiger partial charge in [0, 0.05) is 0 Å². The summed E-state index contributed by atoms with van der Waals surface area (Å²) in [5, 5.41) is 0. The van der Waals surface area contributed by atoms with Crippen molar-refractivity contribution in [2.45, 2.75) is 51.5 Å². The number of isocyanates is 2. The van der Waals surface area contributed by atoms with E-state index in [4.69, 9.17) is 0 Å². The molecule has 0 aromatic carbocycles. The molecule has 4 nitrogen and oxygen atoms in total. The summed E-state index contributed by atoms with van der Waals surface area (Å²) in [6.45, 7) is 2.76. The van der Waals surface area contributed by atoms with Crippen LogP contribution in [-0.4, -0.2) is 24.7 Å². The lowest BCUT2D eigenvalue weighted by atomic mass is 9.76. The molecule has 0 radical (unpaired) electrons. The van der Waals surface area contributed by atoms with Gasteiger partial charge in [0.05, 0.1) is 12.6 Å². The van der Waals surface area contributed by atoms with E-state index in [9.17, 15) is 9.59 Å². The number of fused-ring (bicyclic) bond motifs is 2. The first-order valence-electron chi connectivity index (χ1n) is 7.40. The summed E-state index contributed by atoms with van der Waals surface area (Å²) in [5.41, 5.74) is 0. The molecule has 0 aromatic heterocycles. The fraction of sp³-hybridized carbons (Fsp3) is 0.867. The predicted molar refractivity (Wildman–Crippen MR) is 72.2 cm³/mol. The molecule has 5 atom stereocenters. The van der Waals surface area contributed by atoms with E-state index in [0.717, 1.165) is 25.2 Å². The lowest BCUT2D eigenvalue weighted by Crippen LogP contribution is -2.30. The molecule has 104 valence electrons. The van der Waals surface area contributed by atoms with Gasteiger partial charge in [0.2, 0.25) is 12.2 Å². The summed E-state index contributed by atoms with van der Waals surface area (Å²) in [7, 11) is 0. The monoisotopic (exact) mass is 262 g/mol. The van der Waals surface area contributed by atoms with Crippen LogP contribution in [0.3, 0.4) is 0 Å². The number of hydrogen-bond donors (Lipinski definition) is 0. The van der Waals surface area contributed by atoms with Crippen LogP contribution in [0.1, 0.15) is 45.4 Å². The third-order valence-electron chi connectivity index (χ3n) is 4.96. The Kier molecular flexibility index (Phi) is 5.07. The minimum Gasteiger partial charge on any atom is -0.211 e. The van der Waals surface area contributed by atoms with Crippen LogP contribution in [0.2, 0.25) is 0 Å². The van der Waals surface area contributed by atoms with Crippen molar-refractivity contribution >= 4 is 12.2 Å². The molecule has 19 heavy (non-hydrogen) atoms. The average molecular weight is 262 g/mol. The molecular formula is C15H22N2O2. The first-order valence-corrected chi connectivity index (χ1v) is 7.40. The van der Waals surface area contributed by atoms with E-state index in [0.29, 0.717) is 24.3 Å². The molecule has 0 aliphatic heterocycles. The van der Waals surface area contributed by atoms with Gasteiger partial charge in [-0.3, -0.25) is 0 Å². The van der Waals surface area contributed by atoms with Crippen LogP contribution < -0.4 is 0 Å². The van der Waals surface area contributed by atoms with E-state index in [-0.39, 0.29) is 6.04 Å². The molecule has 2 aliphatic rings. The van der Waals surface area contributed by atoms with Crippen LogP contribution in [-0.2, 0) is 9.59 Å². The van der Waals surface area contributed by atoms with Crippen molar-refractivity contribution in [1.29, 1.82) is 0 Å². The minimum absolute atomic E-state index is 0.135. The molecule has 2 aliphatic carbocycles. The second-order valence-electron chi connectivity index (χ2n) is 6.02. The lowest BCUT2D eigenvalue weighted by Gasteiger charge is -2.31. The van der Waals surface area contributed by atoms with Crippen molar-refractivity contribution in [3.63, 3.8) is 0 Å². The highest BCUT2D eigenvalue weighted by atomic mass is 16.1. The maximum Gasteiger partial charge on any atom is 0.235 e. The maximum atomic E-state index is 10.6. The standard InChI is InChI=1S/C15H22N2O2/c1-2-3-4-15(17-10-19)14-7-11-5-12(8-16-9-18)13(14)6-11/h11-15H,2-8H2,1H3. The summed E-state index contributed by atoms with van der Waals surface area (Å²) < 4.78 is 0. The fourth-order valence-electron chi connectivity index (χ4n) is 4.22. The van der Waals surface area contributed by atoms with Crippen LogP contribution in [0, 0.1) is 23.7 Å². The summed E-state index contributed by atoms with van der Waals surface area (Å²) in [5.74, 6) is 2.32. The normalized spacial score (nSPS) is 33.5. The first kappa shape index (κ1) is 14.2. The van der Waals surface area contributed by atoms with Crippen molar-refractivity contribution < 1.29 is 9.59 Å². The molecular weight excluding hydrogens is 240 g/mol. The number of nitrogens with zero attached hydrogens (tertiary/aromatic N) is 2. The van der Waals surface area contributed by atoms with Crippen molar-refractivity contribution in [2.75, 3.05) is 6.54 Å². The van der Waals surface area contributed by atoms with E-state index < -0.39 is 0 Å². The van der Waals surface area contributed by atoms with Gasteiger partial charge in [-0.2, -0.15) is 0 Å². The third-order valence-corrected chi connectivity index (χ3v) is 4.96. The molecule has 0 spiro atoms. The smallest absolute Gasteiger partial charge is 0.211 e. The summed E-state index contributed by atoms with van der Waals surface area (Å²) in [4.78, 5) is 28.7. The molecule has 5 unspecified atom stereocenters. The van der Waals surface area contributed by atoms with Gasteiger partial charge in [0.25, 0.3) is 0 Å².